The van der Waals surface area contributed by atoms with E-state index in [9.17, 15) is 4.79 Å². The normalized spacial score (nSPS) is 15.6. The molecule has 19 heavy (non-hydrogen) atoms. The van der Waals surface area contributed by atoms with Gasteiger partial charge < -0.3 is 5.32 Å². The Kier molecular flexibility index (Phi) is 24.9. The Hall–Kier alpha value is -0.370. The van der Waals surface area contributed by atoms with Gasteiger partial charge in [0.2, 0.25) is 0 Å². The molecule has 1 aliphatic rings. The van der Waals surface area contributed by atoms with Crippen molar-refractivity contribution in [1.29, 1.82) is 0 Å². The summed E-state index contributed by atoms with van der Waals surface area (Å²) in [7, 11) is 1.88. The van der Waals surface area contributed by atoms with E-state index < -0.39 is 0 Å². The summed E-state index contributed by atoms with van der Waals surface area (Å²) < 4.78 is 0. The lowest BCUT2D eigenvalue weighted by Gasteiger charge is -2.24. The number of Topliss-reactive ketones (excluding diaryl/α,β-unsaturated/α-hetero) is 1. The van der Waals surface area contributed by atoms with Crippen LogP contribution in [0.1, 0.15) is 87.0 Å². The van der Waals surface area contributed by atoms with Crippen LogP contribution in [0.2, 0.25) is 0 Å². The maximum absolute atomic E-state index is 11.2. The molecule has 1 rings (SSSR count). The van der Waals surface area contributed by atoms with Gasteiger partial charge in [-0.1, -0.05) is 73.6 Å². The van der Waals surface area contributed by atoms with E-state index in [4.69, 9.17) is 0 Å². The SMILES string of the molecule is CC.CC.CC.CN[C@H](CC1CCCCC1)C(C)=O. The van der Waals surface area contributed by atoms with E-state index in [1.165, 1.54) is 32.1 Å². The zero-order valence-electron chi connectivity index (χ0n) is 14.8. The zero-order chi connectivity index (χ0) is 15.7. The molecule has 1 fully saturated rings. The monoisotopic (exact) mass is 273 g/mol. The molecule has 1 saturated carbocycles. The number of nitrogens with one attached hydrogen (secondary N) is 1. The van der Waals surface area contributed by atoms with Crippen molar-refractivity contribution in [2.75, 3.05) is 7.05 Å². The second-order valence-electron chi connectivity index (χ2n) is 4.19. The molecule has 0 radical (unpaired) electrons. The molecule has 0 saturated heterocycles. The van der Waals surface area contributed by atoms with Crippen LogP contribution in [0.25, 0.3) is 0 Å². The van der Waals surface area contributed by atoms with Crippen molar-refractivity contribution in [3.63, 3.8) is 0 Å². The third-order valence-electron chi connectivity index (χ3n) is 3.13. The molecule has 1 atom stereocenters. The van der Waals surface area contributed by atoms with Crippen molar-refractivity contribution in [1.82, 2.24) is 5.32 Å². The minimum atomic E-state index is 0.100. The largest absolute Gasteiger partial charge is 0.311 e. The highest BCUT2D eigenvalue weighted by molar-refractivity contribution is 5.81. The molecule has 0 amide bonds. The number of hydrogen-bond acceptors (Lipinski definition) is 2. The van der Waals surface area contributed by atoms with Crippen LogP contribution in [0, 0.1) is 5.92 Å². The van der Waals surface area contributed by atoms with E-state index in [-0.39, 0.29) is 11.8 Å². The Bertz CT molecular complexity index is 163. The van der Waals surface area contributed by atoms with Crippen LogP contribution in [0.5, 0.6) is 0 Å². The van der Waals surface area contributed by atoms with Gasteiger partial charge in [-0.2, -0.15) is 0 Å². The van der Waals surface area contributed by atoms with Crippen LogP contribution < -0.4 is 5.32 Å². The first-order valence-electron chi connectivity index (χ1n) is 8.41. The van der Waals surface area contributed by atoms with Gasteiger partial charge >= 0.3 is 0 Å². The van der Waals surface area contributed by atoms with Crippen molar-refractivity contribution in [2.24, 2.45) is 5.92 Å². The molecule has 0 unspecified atom stereocenters. The van der Waals surface area contributed by atoms with Crippen molar-refractivity contribution < 1.29 is 4.79 Å². The average Bonchev–Trinajstić information content (AvgIpc) is 2.51. The van der Waals surface area contributed by atoms with Gasteiger partial charge in [0.25, 0.3) is 0 Å². The zero-order valence-corrected chi connectivity index (χ0v) is 14.8. The lowest BCUT2D eigenvalue weighted by Crippen LogP contribution is -2.34. The summed E-state index contributed by atoms with van der Waals surface area (Å²) in [5.74, 6) is 1.07. The molecule has 2 nitrogen and oxygen atoms in total. The van der Waals surface area contributed by atoms with Gasteiger partial charge in [-0.25, -0.2) is 0 Å². The quantitative estimate of drug-likeness (QED) is 0.761. The van der Waals surface area contributed by atoms with E-state index >= 15 is 0 Å². The summed E-state index contributed by atoms with van der Waals surface area (Å²) in [5, 5.41) is 3.10. The van der Waals surface area contributed by atoms with Crippen LogP contribution in [0.4, 0.5) is 0 Å². The number of carbonyl (C=O) groups is 1. The lowest BCUT2D eigenvalue weighted by atomic mass is 9.84. The number of hydrogen-bond donors (Lipinski definition) is 1. The second kappa shape index (κ2) is 20.0. The predicted octanol–water partition coefficient (Wildman–Crippen LogP) is 5.21. The maximum atomic E-state index is 11.2. The molecule has 1 N–H and O–H groups in total. The van der Waals surface area contributed by atoms with Crippen molar-refractivity contribution >= 4 is 5.78 Å². The molecule has 118 valence electrons. The highest BCUT2D eigenvalue weighted by Gasteiger charge is 2.20. The minimum absolute atomic E-state index is 0.100. The van der Waals surface area contributed by atoms with Crippen molar-refractivity contribution in [3.8, 4) is 0 Å². The van der Waals surface area contributed by atoms with E-state index in [0.717, 1.165) is 12.3 Å². The molecule has 0 spiro atoms. The summed E-state index contributed by atoms with van der Waals surface area (Å²) in [6, 6.07) is 0.100. The molecule has 0 heterocycles. The van der Waals surface area contributed by atoms with E-state index in [1.807, 2.05) is 48.6 Å². The maximum Gasteiger partial charge on any atom is 0.146 e. The fourth-order valence-electron chi connectivity index (χ4n) is 2.24. The van der Waals surface area contributed by atoms with E-state index in [0.29, 0.717) is 0 Å². The number of rotatable bonds is 4. The number of carbonyl (C=O) groups excluding carboxylic acids is 1. The predicted molar refractivity (Wildman–Crippen MR) is 88.8 cm³/mol. The first kappa shape index (κ1) is 23.7. The third-order valence-corrected chi connectivity index (χ3v) is 3.13. The molecule has 1 aliphatic carbocycles. The Morgan fingerprint density at radius 1 is 1.00 bits per heavy atom. The van der Waals surface area contributed by atoms with Crippen molar-refractivity contribution in [3.05, 3.63) is 0 Å². The van der Waals surface area contributed by atoms with Gasteiger partial charge in [-0.05, 0) is 26.3 Å². The Morgan fingerprint density at radius 3 is 1.74 bits per heavy atom. The van der Waals surface area contributed by atoms with Gasteiger partial charge in [0, 0.05) is 0 Å². The van der Waals surface area contributed by atoms with Crippen LogP contribution in [0.15, 0.2) is 0 Å². The summed E-state index contributed by atoms with van der Waals surface area (Å²) in [6.45, 7) is 13.7. The molecular weight excluding hydrogens is 234 g/mol. The fourth-order valence-corrected chi connectivity index (χ4v) is 2.24. The Morgan fingerprint density at radius 2 is 1.42 bits per heavy atom. The fraction of sp³-hybridized carbons (Fsp3) is 0.941. The average molecular weight is 274 g/mol. The van der Waals surface area contributed by atoms with Gasteiger partial charge in [0.05, 0.1) is 6.04 Å². The molecule has 2 heteroatoms. The molecule has 0 aromatic heterocycles. The van der Waals surface area contributed by atoms with E-state index in [2.05, 4.69) is 5.32 Å². The Balaban J connectivity index is -0.000000375. The summed E-state index contributed by atoms with van der Waals surface area (Å²) in [5.41, 5.74) is 0. The van der Waals surface area contributed by atoms with Gasteiger partial charge in [-0.3, -0.25) is 4.79 Å². The highest BCUT2D eigenvalue weighted by Crippen LogP contribution is 2.27. The molecule has 0 aromatic carbocycles. The smallest absolute Gasteiger partial charge is 0.146 e. The standard InChI is InChI=1S/C11H21NO.3C2H6/c1-9(13)11(12-2)8-10-6-4-3-5-7-10;3*1-2/h10-12H,3-8H2,1-2H3;3*1-2H3/t11-;;;/m1.../s1. The second-order valence-corrected chi connectivity index (χ2v) is 4.19. The first-order valence-corrected chi connectivity index (χ1v) is 8.41. The highest BCUT2D eigenvalue weighted by atomic mass is 16.1. The summed E-state index contributed by atoms with van der Waals surface area (Å²) in [6.07, 6.45) is 7.81. The number of ketones is 1. The summed E-state index contributed by atoms with van der Waals surface area (Å²) in [4.78, 5) is 11.2. The van der Waals surface area contributed by atoms with Crippen molar-refractivity contribution in [2.45, 2.75) is 93.0 Å². The van der Waals surface area contributed by atoms with Gasteiger partial charge in [-0.15, -0.1) is 0 Å². The minimum Gasteiger partial charge on any atom is -0.311 e. The number of likely N-dealkylation sites (N-methyl/N-ethyl adjacent to an activating group) is 1. The molecule has 0 bridgehead atoms. The first-order chi connectivity index (χ1) is 9.24. The van der Waals surface area contributed by atoms with Crippen LogP contribution >= 0.6 is 0 Å². The molecule has 0 aromatic rings. The Labute approximate surface area is 122 Å². The van der Waals surface area contributed by atoms with Gasteiger partial charge in [0.1, 0.15) is 5.78 Å². The third kappa shape index (κ3) is 13.9. The van der Waals surface area contributed by atoms with Crippen LogP contribution in [0.3, 0.4) is 0 Å². The summed E-state index contributed by atoms with van der Waals surface area (Å²) >= 11 is 0. The molecule has 0 aliphatic heterocycles. The van der Waals surface area contributed by atoms with Gasteiger partial charge in [0.15, 0.2) is 0 Å². The topological polar surface area (TPSA) is 29.1 Å². The van der Waals surface area contributed by atoms with Crippen LogP contribution in [-0.2, 0) is 4.79 Å². The van der Waals surface area contributed by atoms with Crippen LogP contribution in [-0.4, -0.2) is 18.9 Å². The molecular formula is C17H39NO. The lowest BCUT2D eigenvalue weighted by molar-refractivity contribution is -0.119. The van der Waals surface area contributed by atoms with E-state index in [1.54, 1.807) is 6.92 Å².